The molecule has 0 bridgehead atoms. The number of hydrogen-bond donors (Lipinski definition) is 0. The van der Waals surface area contributed by atoms with Crippen molar-refractivity contribution in [2.45, 2.75) is 24.7 Å². The molecule has 0 atom stereocenters. The van der Waals surface area contributed by atoms with Crippen LogP contribution >= 0.6 is 23.4 Å². The van der Waals surface area contributed by atoms with Crippen molar-refractivity contribution in [3.8, 4) is 22.8 Å². The number of hydrogen-bond acceptors (Lipinski definition) is 3. The average molecular weight is 358 g/mol. The molecule has 2 aromatic carbocycles. The summed E-state index contributed by atoms with van der Waals surface area (Å²) in [7, 11) is 1.91. The third-order valence-electron chi connectivity index (χ3n) is 3.76. The lowest BCUT2D eigenvalue weighted by molar-refractivity contribution is 0.777. The summed E-state index contributed by atoms with van der Waals surface area (Å²) in [4.78, 5) is 5.97. The molecule has 1 heterocycles. The van der Waals surface area contributed by atoms with Gasteiger partial charge in [0.25, 0.3) is 0 Å². The van der Waals surface area contributed by atoms with Crippen molar-refractivity contribution in [3.05, 3.63) is 53.6 Å². The lowest BCUT2D eigenvalue weighted by Gasteiger charge is -2.03. The van der Waals surface area contributed by atoms with E-state index < -0.39 is 0 Å². The predicted molar refractivity (Wildman–Crippen MR) is 103 cm³/mol. The van der Waals surface area contributed by atoms with E-state index in [1.165, 1.54) is 17.7 Å². The van der Waals surface area contributed by atoms with Crippen molar-refractivity contribution in [1.29, 1.82) is 0 Å². The van der Waals surface area contributed by atoms with Gasteiger partial charge in [0.2, 0.25) is 0 Å². The molecule has 1 aromatic heterocycles. The highest BCUT2D eigenvalue weighted by Gasteiger charge is 2.13. The average Bonchev–Trinajstić information content (AvgIpc) is 2.98. The van der Waals surface area contributed by atoms with E-state index in [1.807, 2.05) is 43.1 Å². The molecule has 0 saturated heterocycles. The second kappa shape index (κ2) is 7.86. The number of halogens is 1. The van der Waals surface area contributed by atoms with Crippen molar-refractivity contribution >= 4 is 23.4 Å². The van der Waals surface area contributed by atoms with Crippen LogP contribution in [-0.2, 0) is 7.05 Å². The maximum atomic E-state index is 6.26. The van der Waals surface area contributed by atoms with Gasteiger partial charge in [0, 0.05) is 23.1 Å². The zero-order valence-corrected chi connectivity index (χ0v) is 15.4. The monoisotopic (exact) mass is 357 g/mol. The van der Waals surface area contributed by atoms with E-state index in [9.17, 15) is 0 Å². The molecule has 5 heteroatoms. The van der Waals surface area contributed by atoms with Crippen LogP contribution in [-0.4, -0.2) is 20.5 Å². The molecule has 0 amide bonds. The molecule has 124 valence electrons. The highest BCUT2D eigenvalue weighted by atomic mass is 35.5. The smallest absolute Gasteiger partial charge is 0.183 e. The molecule has 0 N–H and O–H groups in total. The van der Waals surface area contributed by atoms with Gasteiger partial charge in [-0.15, -0.1) is 11.8 Å². The van der Waals surface area contributed by atoms with Crippen molar-refractivity contribution in [2.75, 3.05) is 5.75 Å². The third kappa shape index (κ3) is 3.82. The van der Waals surface area contributed by atoms with Crippen LogP contribution < -0.4 is 0 Å². The van der Waals surface area contributed by atoms with Crippen LogP contribution in [0.5, 0.6) is 0 Å². The number of nitrogens with zero attached hydrogens (tertiary/aromatic N) is 3. The Labute approximate surface area is 152 Å². The number of unbranched alkanes of at least 4 members (excludes halogenated alkanes) is 1. The Morgan fingerprint density at radius 2 is 1.83 bits per heavy atom. The maximum absolute atomic E-state index is 6.26. The first-order valence-corrected chi connectivity index (χ1v) is 9.44. The molecule has 0 aliphatic carbocycles. The minimum Gasteiger partial charge on any atom is -0.248 e. The van der Waals surface area contributed by atoms with Gasteiger partial charge in [-0.3, -0.25) is 0 Å². The molecule has 0 aliphatic heterocycles. The van der Waals surface area contributed by atoms with Crippen molar-refractivity contribution < 1.29 is 0 Å². The first-order chi connectivity index (χ1) is 11.7. The Kier molecular flexibility index (Phi) is 5.59. The Morgan fingerprint density at radius 1 is 1.08 bits per heavy atom. The lowest BCUT2D eigenvalue weighted by Crippen LogP contribution is -1.94. The van der Waals surface area contributed by atoms with Gasteiger partial charge in [-0.1, -0.05) is 49.2 Å². The van der Waals surface area contributed by atoms with Gasteiger partial charge >= 0.3 is 0 Å². The van der Waals surface area contributed by atoms with Gasteiger partial charge in [-0.05, 0) is 36.4 Å². The number of rotatable bonds is 6. The van der Waals surface area contributed by atoms with Crippen LogP contribution in [0.15, 0.2) is 53.4 Å². The summed E-state index contributed by atoms with van der Waals surface area (Å²) in [5, 5.41) is 5.18. The predicted octanol–water partition coefficient (Wildman–Crippen LogP) is 5.69. The van der Waals surface area contributed by atoms with Crippen LogP contribution in [0.1, 0.15) is 19.8 Å². The number of aromatic nitrogens is 3. The van der Waals surface area contributed by atoms with Crippen LogP contribution in [0.25, 0.3) is 22.8 Å². The third-order valence-corrected chi connectivity index (χ3v) is 5.18. The molecular formula is C19H20ClN3S. The van der Waals surface area contributed by atoms with Gasteiger partial charge in [-0.2, -0.15) is 5.10 Å². The summed E-state index contributed by atoms with van der Waals surface area (Å²) in [5.74, 6) is 2.66. The van der Waals surface area contributed by atoms with Crippen LogP contribution in [0.2, 0.25) is 5.02 Å². The fourth-order valence-electron chi connectivity index (χ4n) is 2.43. The topological polar surface area (TPSA) is 30.7 Å². The van der Waals surface area contributed by atoms with Crippen LogP contribution in [0.3, 0.4) is 0 Å². The molecule has 24 heavy (non-hydrogen) atoms. The Bertz CT molecular complexity index is 812. The molecule has 0 spiro atoms. The normalized spacial score (nSPS) is 11.0. The molecule has 3 nitrogen and oxygen atoms in total. The zero-order chi connectivity index (χ0) is 16.9. The van der Waals surface area contributed by atoms with Gasteiger partial charge in [0.1, 0.15) is 0 Å². The number of aryl methyl sites for hydroxylation is 1. The van der Waals surface area contributed by atoms with E-state index >= 15 is 0 Å². The maximum Gasteiger partial charge on any atom is 0.183 e. The first kappa shape index (κ1) is 17.1. The Morgan fingerprint density at radius 3 is 2.54 bits per heavy atom. The molecule has 0 saturated carbocycles. The summed E-state index contributed by atoms with van der Waals surface area (Å²) in [6, 6.07) is 16.2. The minimum atomic E-state index is 0.652. The molecule has 0 aliphatic rings. The molecular weight excluding hydrogens is 338 g/mol. The van der Waals surface area contributed by atoms with Crippen molar-refractivity contribution in [3.63, 3.8) is 0 Å². The molecule has 3 aromatic rings. The number of benzene rings is 2. The van der Waals surface area contributed by atoms with E-state index in [2.05, 4.69) is 41.3 Å². The molecule has 0 unspecified atom stereocenters. The molecule has 3 rings (SSSR count). The molecule has 0 radical (unpaired) electrons. The summed E-state index contributed by atoms with van der Waals surface area (Å²) in [6.45, 7) is 2.22. The highest BCUT2D eigenvalue weighted by molar-refractivity contribution is 7.99. The fraction of sp³-hybridized carbons (Fsp3) is 0.263. The van der Waals surface area contributed by atoms with Crippen molar-refractivity contribution in [2.24, 2.45) is 7.05 Å². The van der Waals surface area contributed by atoms with E-state index in [0.717, 1.165) is 22.7 Å². The van der Waals surface area contributed by atoms with E-state index in [4.69, 9.17) is 11.6 Å². The first-order valence-electron chi connectivity index (χ1n) is 8.08. The SMILES string of the molecule is CCCCSc1ccc(-c2nc(-c3ccccc3Cl)nn2C)cc1. The quantitative estimate of drug-likeness (QED) is 0.419. The summed E-state index contributed by atoms with van der Waals surface area (Å²) < 4.78 is 1.80. The van der Waals surface area contributed by atoms with Gasteiger partial charge in [0.05, 0.1) is 5.02 Å². The zero-order valence-electron chi connectivity index (χ0n) is 13.9. The Balaban J connectivity index is 1.84. The van der Waals surface area contributed by atoms with E-state index in [1.54, 1.807) is 4.68 Å². The minimum absolute atomic E-state index is 0.652. The molecule has 0 fully saturated rings. The lowest BCUT2D eigenvalue weighted by atomic mass is 10.2. The van der Waals surface area contributed by atoms with Crippen LogP contribution in [0.4, 0.5) is 0 Å². The number of thioether (sulfide) groups is 1. The second-order valence-corrected chi connectivity index (χ2v) is 7.16. The van der Waals surface area contributed by atoms with Crippen molar-refractivity contribution in [1.82, 2.24) is 14.8 Å². The van der Waals surface area contributed by atoms with Gasteiger partial charge in [-0.25, -0.2) is 9.67 Å². The summed E-state index contributed by atoms with van der Waals surface area (Å²) in [6.07, 6.45) is 2.48. The largest absolute Gasteiger partial charge is 0.248 e. The van der Waals surface area contributed by atoms with Crippen LogP contribution in [0, 0.1) is 0 Å². The van der Waals surface area contributed by atoms with E-state index in [-0.39, 0.29) is 0 Å². The standard InChI is InChI=1S/C19H20ClN3S/c1-3-4-13-24-15-11-9-14(10-12-15)19-21-18(22-23(19)2)16-7-5-6-8-17(16)20/h5-12H,3-4,13H2,1-2H3. The fourth-order valence-corrected chi connectivity index (χ4v) is 3.64. The summed E-state index contributed by atoms with van der Waals surface area (Å²) in [5.41, 5.74) is 1.91. The highest BCUT2D eigenvalue weighted by Crippen LogP contribution is 2.28. The summed E-state index contributed by atoms with van der Waals surface area (Å²) >= 11 is 8.15. The van der Waals surface area contributed by atoms with E-state index in [0.29, 0.717) is 10.8 Å². The second-order valence-electron chi connectivity index (χ2n) is 5.59. The van der Waals surface area contributed by atoms with Gasteiger partial charge < -0.3 is 0 Å². The Hall–Kier alpha value is -1.78. The van der Waals surface area contributed by atoms with Gasteiger partial charge in [0.15, 0.2) is 11.6 Å².